The second kappa shape index (κ2) is 7.31. The fourth-order valence-corrected chi connectivity index (χ4v) is 2.81. The van der Waals surface area contributed by atoms with E-state index in [1.54, 1.807) is 12.3 Å². The quantitative estimate of drug-likeness (QED) is 0.710. The predicted molar refractivity (Wildman–Crippen MR) is 100 cm³/mol. The van der Waals surface area contributed by atoms with Crippen LogP contribution in [0, 0.1) is 0 Å². The van der Waals surface area contributed by atoms with Crippen molar-refractivity contribution in [3.8, 4) is 17.3 Å². The number of aromatic hydroxyl groups is 1. The van der Waals surface area contributed by atoms with Crippen LogP contribution in [-0.4, -0.2) is 25.6 Å². The lowest BCUT2D eigenvalue weighted by Crippen LogP contribution is -2.24. The normalized spacial score (nSPS) is 12.2. The first-order valence-electron chi connectivity index (χ1n) is 8.77. The third-order valence-electron chi connectivity index (χ3n) is 4.21. The summed E-state index contributed by atoms with van der Waals surface area (Å²) in [6.07, 6.45) is -1.86. The molecule has 9 heteroatoms. The topological polar surface area (TPSA) is 69.3 Å². The molecular formula is C20H20F3N3O3. The first-order valence-corrected chi connectivity index (χ1v) is 8.77. The van der Waals surface area contributed by atoms with Crippen LogP contribution in [0.2, 0.25) is 0 Å². The Morgan fingerprint density at radius 3 is 2.34 bits per heavy atom. The van der Waals surface area contributed by atoms with E-state index in [-0.39, 0.29) is 23.5 Å². The molecule has 0 spiro atoms. The zero-order valence-electron chi connectivity index (χ0n) is 16.1. The fourth-order valence-electron chi connectivity index (χ4n) is 2.81. The Hall–Kier alpha value is -3.23. The lowest BCUT2D eigenvalue weighted by atomic mass is 9.91. The second-order valence-corrected chi connectivity index (χ2v) is 7.57. The molecule has 2 aromatic heterocycles. The predicted octanol–water partition coefficient (Wildman–Crippen LogP) is 3.98. The van der Waals surface area contributed by atoms with Gasteiger partial charge in [-0.3, -0.25) is 9.55 Å². The van der Waals surface area contributed by atoms with Gasteiger partial charge in [0.1, 0.15) is 5.75 Å². The average Bonchev–Trinajstić information content (AvgIpc) is 2.88. The van der Waals surface area contributed by atoms with Gasteiger partial charge in [0.05, 0.1) is 18.4 Å². The number of imidazole rings is 1. The molecule has 2 heterocycles. The van der Waals surface area contributed by atoms with Gasteiger partial charge in [-0.2, -0.15) is 0 Å². The number of alkyl halides is 3. The molecule has 0 amide bonds. The van der Waals surface area contributed by atoms with Crippen LogP contribution in [-0.2, 0) is 12.0 Å². The second-order valence-electron chi connectivity index (χ2n) is 7.57. The molecule has 0 saturated carbocycles. The Labute approximate surface area is 164 Å². The van der Waals surface area contributed by atoms with E-state index in [4.69, 9.17) is 0 Å². The van der Waals surface area contributed by atoms with Gasteiger partial charge >= 0.3 is 12.1 Å². The van der Waals surface area contributed by atoms with Crippen molar-refractivity contribution < 1.29 is 23.0 Å². The van der Waals surface area contributed by atoms with Crippen molar-refractivity contribution in [2.75, 3.05) is 0 Å². The summed E-state index contributed by atoms with van der Waals surface area (Å²) in [6, 6.07) is 8.34. The van der Waals surface area contributed by atoms with Gasteiger partial charge < -0.3 is 9.84 Å². The van der Waals surface area contributed by atoms with Gasteiger partial charge in [0.25, 0.3) is 0 Å². The fraction of sp³-hybridized carbons (Fsp3) is 0.300. The summed E-state index contributed by atoms with van der Waals surface area (Å²) < 4.78 is 43.0. The molecular weight excluding hydrogens is 387 g/mol. The van der Waals surface area contributed by atoms with Gasteiger partial charge in [-0.05, 0) is 42.0 Å². The molecule has 0 atom stereocenters. The molecule has 0 saturated heterocycles. The summed E-state index contributed by atoms with van der Waals surface area (Å²) >= 11 is 0. The van der Waals surface area contributed by atoms with Crippen LogP contribution < -0.4 is 10.4 Å². The minimum atomic E-state index is -4.81. The standard InChI is InChI=1S/C20H20F3N3O3/c1-19(2,3)16-10-13(8-9-24-16)11-25-12-17(27)26(18(25)28)14-4-6-15(7-5-14)29-20(21,22)23/h4-10,12,27H,11H2,1-3H3. The number of hydrogen-bond donors (Lipinski definition) is 1. The van der Waals surface area contributed by atoms with Crippen LogP contribution in [0.4, 0.5) is 13.2 Å². The first-order chi connectivity index (χ1) is 13.4. The highest BCUT2D eigenvalue weighted by Gasteiger charge is 2.31. The molecule has 154 valence electrons. The maximum absolute atomic E-state index is 12.7. The molecule has 29 heavy (non-hydrogen) atoms. The van der Waals surface area contributed by atoms with Crippen LogP contribution >= 0.6 is 0 Å². The molecule has 0 aliphatic heterocycles. The van der Waals surface area contributed by atoms with E-state index in [1.165, 1.54) is 22.9 Å². The Balaban J connectivity index is 1.89. The Morgan fingerprint density at radius 2 is 1.76 bits per heavy atom. The third-order valence-corrected chi connectivity index (χ3v) is 4.21. The monoisotopic (exact) mass is 407 g/mol. The molecule has 1 N–H and O–H groups in total. The molecule has 0 fully saturated rings. The summed E-state index contributed by atoms with van der Waals surface area (Å²) in [5.41, 5.74) is 1.23. The lowest BCUT2D eigenvalue weighted by molar-refractivity contribution is -0.274. The van der Waals surface area contributed by atoms with Gasteiger partial charge in [0.15, 0.2) is 0 Å². The van der Waals surface area contributed by atoms with Crippen molar-refractivity contribution in [3.05, 3.63) is 70.5 Å². The van der Waals surface area contributed by atoms with Gasteiger partial charge in [-0.15, -0.1) is 13.2 Å². The smallest absolute Gasteiger partial charge is 0.493 e. The molecule has 0 aliphatic carbocycles. The molecule has 1 aromatic carbocycles. The van der Waals surface area contributed by atoms with Crippen molar-refractivity contribution in [2.24, 2.45) is 0 Å². The van der Waals surface area contributed by atoms with Gasteiger partial charge in [0, 0.05) is 17.3 Å². The van der Waals surface area contributed by atoms with Crippen LogP contribution in [0.1, 0.15) is 32.0 Å². The van der Waals surface area contributed by atoms with E-state index in [0.29, 0.717) is 0 Å². The highest BCUT2D eigenvalue weighted by atomic mass is 19.4. The molecule has 0 unspecified atom stereocenters. The summed E-state index contributed by atoms with van der Waals surface area (Å²) in [6.45, 7) is 6.29. The van der Waals surface area contributed by atoms with E-state index >= 15 is 0 Å². The maximum Gasteiger partial charge on any atom is 0.573 e. The minimum absolute atomic E-state index is 0.157. The van der Waals surface area contributed by atoms with Crippen molar-refractivity contribution >= 4 is 0 Å². The SMILES string of the molecule is CC(C)(C)c1cc(Cn2cc(O)n(-c3ccc(OC(F)(F)F)cc3)c2=O)ccn1. The number of ether oxygens (including phenoxy) is 1. The lowest BCUT2D eigenvalue weighted by Gasteiger charge is -2.18. The number of benzene rings is 1. The van der Waals surface area contributed by atoms with Crippen molar-refractivity contribution in [1.29, 1.82) is 0 Å². The average molecular weight is 407 g/mol. The van der Waals surface area contributed by atoms with Crippen LogP contribution in [0.25, 0.3) is 5.69 Å². The van der Waals surface area contributed by atoms with Gasteiger partial charge in [-0.25, -0.2) is 9.36 Å². The van der Waals surface area contributed by atoms with E-state index in [2.05, 4.69) is 9.72 Å². The van der Waals surface area contributed by atoms with Crippen LogP contribution in [0.3, 0.4) is 0 Å². The van der Waals surface area contributed by atoms with Crippen LogP contribution in [0.15, 0.2) is 53.6 Å². The molecule has 0 aliphatic rings. The molecule has 0 bridgehead atoms. The van der Waals surface area contributed by atoms with Gasteiger partial charge in [0.2, 0.25) is 5.88 Å². The van der Waals surface area contributed by atoms with E-state index < -0.39 is 17.8 Å². The maximum atomic E-state index is 12.7. The van der Waals surface area contributed by atoms with Crippen LogP contribution in [0.5, 0.6) is 11.6 Å². The third kappa shape index (κ3) is 4.79. The summed E-state index contributed by atoms with van der Waals surface area (Å²) in [7, 11) is 0. The van der Waals surface area contributed by atoms with Gasteiger partial charge in [-0.1, -0.05) is 20.8 Å². The largest absolute Gasteiger partial charge is 0.573 e. The summed E-state index contributed by atoms with van der Waals surface area (Å²) in [5, 5.41) is 10.2. The molecule has 0 radical (unpaired) electrons. The first kappa shape index (κ1) is 20.5. The Kier molecular flexibility index (Phi) is 5.16. The zero-order chi connectivity index (χ0) is 21.4. The van der Waals surface area contributed by atoms with Crippen molar-refractivity contribution in [1.82, 2.24) is 14.1 Å². The Morgan fingerprint density at radius 1 is 1.10 bits per heavy atom. The Bertz CT molecular complexity index is 1060. The summed E-state index contributed by atoms with van der Waals surface area (Å²) in [5.74, 6) is -0.746. The van der Waals surface area contributed by atoms with E-state index in [9.17, 15) is 23.1 Å². The number of aromatic nitrogens is 3. The molecule has 3 aromatic rings. The van der Waals surface area contributed by atoms with Crippen molar-refractivity contribution in [3.63, 3.8) is 0 Å². The summed E-state index contributed by atoms with van der Waals surface area (Å²) in [4.78, 5) is 17.1. The number of pyridine rings is 1. The highest BCUT2D eigenvalue weighted by Crippen LogP contribution is 2.25. The molecule has 6 nitrogen and oxygen atoms in total. The number of halogens is 3. The molecule has 3 rings (SSSR count). The number of hydrogen-bond acceptors (Lipinski definition) is 4. The van der Waals surface area contributed by atoms with E-state index in [1.807, 2.05) is 26.8 Å². The number of rotatable bonds is 4. The minimum Gasteiger partial charge on any atom is -0.493 e. The van der Waals surface area contributed by atoms with Crippen molar-refractivity contribution in [2.45, 2.75) is 39.1 Å². The highest BCUT2D eigenvalue weighted by molar-refractivity contribution is 5.40. The van der Waals surface area contributed by atoms with E-state index in [0.717, 1.165) is 28.0 Å². The number of nitrogens with zero attached hydrogens (tertiary/aromatic N) is 3. The zero-order valence-corrected chi connectivity index (χ0v) is 16.1.